The van der Waals surface area contributed by atoms with Crippen molar-refractivity contribution < 1.29 is 14.3 Å². The minimum absolute atomic E-state index is 0.370. The lowest BCUT2D eigenvalue weighted by atomic mass is 10.2. The highest BCUT2D eigenvalue weighted by Crippen LogP contribution is 2.23. The summed E-state index contributed by atoms with van der Waals surface area (Å²) in [6, 6.07) is 13.8. The second-order valence-electron chi connectivity index (χ2n) is 3.69. The molecule has 0 amide bonds. The standard InChI is InChI=1S/C14H13NO3/c1-17-14(16)10-5-7-12(8-6-10)18-13-4-2-3-11(15)9-13/h2-9H,15H2,1H3. The van der Waals surface area contributed by atoms with E-state index in [1.807, 2.05) is 12.1 Å². The number of carbonyl (C=O) groups is 1. The topological polar surface area (TPSA) is 61.5 Å². The maximum Gasteiger partial charge on any atom is 0.337 e. The summed E-state index contributed by atoms with van der Waals surface area (Å²) in [6.45, 7) is 0. The number of ether oxygens (including phenoxy) is 2. The third-order valence-electron chi connectivity index (χ3n) is 2.37. The number of methoxy groups -OCH3 is 1. The van der Waals surface area contributed by atoms with Crippen molar-refractivity contribution in [2.24, 2.45) is 0 Å². The first kappa shape index (κ1) is 12.0. The van der Waals surface area contributed by atoms with Crippen LogP contribution in [0.25, 0.3) is 0 Å². The van der Waals surface area contributed by atoms with E-state index in [4.69, 9.17) is 10.5 Å². The molecule has 4 nitrogen and oxygen atoms in total. The van der Waals surface area contributed by atoms with Gasteiger partial charge in [0, 0.05) is 11.8 Å². The lowest BCUT2D eigenvalue weighted by Gasteiger charge is -2.06. The molecular formula is C14H13NO3. The summed E-state index contributed by atoms with van der Waals surface area (Å²) in [4.78, 5) is 11.2. The van der Waals surface area contributed by atoms with Gasteiger partial charge in [-0.3, -0.25) is 0 Å². The smallest absolute Gasteiger partial charge is 0.337 e. The van der Waals surface area contributed by atoms with Crippen LogP contribution in [-0.4, -0.2) is 13.1 Å². The van der Waals surface area contributed by atoms with E-state index >= 15 is 0 Å². The Hall–Kier alpha value is -2.49. The molecule has 0 aliphatic rings. The lowest BCUT2D eigenvalue weighted by molar-refractivity contribution is 0.0600. The summed E-state index contributed by atoms with van der Waals surface area (Å²) in [6.07, 6.45) is 0. The molecule has 0 aliphatic heterocycles. The minimum Gasteiger partial charge on any atom is -0.465 e. The van der Waals surface area contributed by atoms with Crippen LogP contribution in [0.15, 0.2) is 48.5 Å². The van der Waals surface area contributed by atoms with Gasteiger partial charge in [0.25, 0.3) is 0 Å². The van der Waals surface area contributed by atoms with Gasteiger partial charge in [-0.15, -0.1) is 0 Å². The molecule has 2 N–H and O–H groups in total. The Balaban J connectivity index is 2.13. The fraction of sp³-hybridized carbons (Fsp3) is 0.0714. The van der Waals surface area contributed by atoms with E-state index in [0.717, 1.165) is 0 Å². The molecule has 0 atom stereocenters. The van der Waals surface area contributed by atoms with E-state index in [-0.39, 0.29) is 5.97 Å². The van der Waals surface area contributed by atoms with Gasteiger partial charge in [-0.2, -0.15) is 0 Å². The summed E-state index contributed by atoms with van der Waals surface area (Å²) in [5, 5.41) is 0. The quantitative estimate of drug-likeness (QED) is 0.665. The van der Waals surface area contributed by atoms with E-state index in [2.05, 4.69) is 4.74 Å². The summed E-state index contributed by atoms with van der Waals surface area (Å²) in [5.41, 5.74) is 6.77. The third kappa shape index (κ3) is 2.79. The van der Waals surface area contributed by atoms with E-state index in [0.29, 0.717) is 22.7 Å². The molecule has 0 saturated carbocycles. The Bertz CT molecular complexity index is 549. The molecule has 4 heteroatoms. The molecule has 0 aromatic heterocycles. The zero-order valence-electron chi connectivity index (χ0n) is 9.92. The van der Waals surface area contributed by atoms with Gasteiger partial charge in [-0.25, -0.2) is 4.79 Å². The van der Waals surface area contributed by atoms with Crippen LogP contribution in [0.5, 0.6) is 11.5 Å². The number of carbonyl (C=O) groups excluding carboxylic acids is 1. The normalized spacial score (nSPS) is 9.83. The second-order valence-corrected chi connectivity index (χ2v) is 3.69. The van der Waals surface area contributed by atoms with Crippen molar-refractivity contribution in [3.63, 3.8) is 0 Å². The average Bonchev–Trinajstić information content (AvgIpc) is 2.39. The summed E-state index contributed by atoms with van der Waals surface area (Å²) in [5.74, 6) is 0.916. The van der Waals surface area contributed by atoms with Crippen LogP contribution in [0.3, 0.4) is 0 Å². The molecule has 0 aliphatic carbocycles. The summed E-state index contributed by atoms with van der Waals surface area (Å²) in [7, 11) is 1.35. The molecule has 0 spiro atoms. The summed E-state index contributed by atoms with van der Waals surface area (Å²) < 4.78 is 10.2. The van der Waals surface area contributed by atoms with Crippen molar-refractivity contribution in [3.05, 3.63) is 54.1 Å². The monoisotopic (exact) mass is 243 g/mol. The first-order valence-corrected chi connectivity index (χ1v) is 5.41. The largest absolute Gasteiger partial charge is 0.465 e. The number of rotatable bonds is 3. The predicted octanol–water partition coefficient (Wildman–Crippen LogP) is 2.85. The maximum atomic E-state index is 11.2. The van der Waals surface area contributed by atoms with Crippen molar-refractivity contribution in [2.45, 2.75) is 0 Å². The van der Waals surface area contributed by atoms with Gasteiger partial charge in [0.15, 0.2) is 0 Å². The Kier molecular flexibility index (Phi) is 3.48. The van der Waals surface area contributed by atoms with Crippen LogP contribution in [0.2, 0.25) is 0 Å². The predicted molar refractivity (Wildman–Crippen MR) is 68.7 cm³/mol. The average molecular weight is 243 g/mol. The molecule has 2 aromatic rings. The van der Waals surface area contributed by atoms with Gasteiger partial charge in [-0.05, 0) is 36.4 Å². The molecule has 0 fully saturated rings. The molecule has 2 aromatic carbocycles. The van der Waals surface area contributed by atoms with Gasteiger partial charge < -0.3 is 15.2 Å². The van der Waals surface area contributed by atoms with Crippen molar-refractivity contribution in [2.75, 3.05) is 12.8 Å². The molecular weight excluding hydrogens is 230 g/mol. The SMILES string of the molecule is COC(=O)c1ccc(Oc2cccc(N)c2)cc1. The van der Waals surface area contributed by atoms with E-state index < -0.39 is 0 Å². The van der Waals surface area contributed by atoms with Crippen molar-refractivity contribution in [1.29, 1.82) is 0 Å². The van der Waals surface area contributed by atoms with Gasteiger partial charge in [-0.1, -0.05) is 6.07 Å². The highest BCUT2D eigenvalue weighted by Gasteiger charge is 2.05. The number of nitrogen functional groups attached to an aromatic ring is 1. The van der Waals surface area contributed by atoms with Crippen LogP contribution < -0.4 is 10.5 Å². The number of hydrogen-bond acceptors (Lipinski definition) is 4. The van der Waals surface area contributed by atoms with Crippen LogP contribution in [0, 0.1) is 0 Å². The minimum atomic E-state index is -0.370. The van der Waals surface area contributed by atoms with Crippen LogP contribution in [-0.2, 0) is 4.74 Å². The van der Waals surface area contributed by atoms with E-state index in [1.165, 1.54) is 7.11 Å². The van der Waals surface area contributed by atoms with Gasteiger partial charge in [0.2, 0.25) is 0 Å². The Morgan fingerprint density at radius 1 is 1.06 bits per heavy atom. The molecule has 92 valence electrons. The number of esters is 1. The van der Waals surface area contributed by atoms with Gasteiger partial charge in [0.1, 0.15) is 11.5 Å². The zero-order valence-corrected chi connectivity index (χ0v) is 9.92. The molecule has 0 bridgehead atoms. The van der Waals surface area contributed by atoms with Gasteiger partial charge in [0.05, 0.1) is 12.7 Å². The fourth-order valence-corrected chi connectivity index (χ4v) is 1.49. The van der Waals surface area contributed by atoms with Crippen molar-refractivity contribution >= 4 is 11.7 Å². The number of benzene rings is 2. The summed E-state index contributed by atoms with van der Waals surface area (Å²) >= 11 is 0. The molecule has 2 rings (SSSR count). The third-order valence-corrected chi connectivity index (χ3v) is 2.37. The van der Waals surface area contributed by atoms with Crippen LogP contribution >= 0.6 is 0 Å². The number of anilines is 1. The lowest BCUT2D eigenvalue weighted by Crippen LogP contribution is -2.00. The number of nitrogens with two attached hydrogens (primary N) is 1. The molecule has 18 heavy (non-hydrogen) atoms. The van der Waals surface area contributed by atoms with Gasteiger partial charge >= 0.3 is 5.97 Å². The van der Waals surface area contributed by atoms with Crippen LogP contribution in [0.4, 0.5) is 5.69 Å². The van der Waals surface area contributed by atoms with Crippen molar-refractivity contribution in [3.8, 4) is 11.5 Å². The second kappa shape index (κ2) is 5.23. The fourth-order valence-electron chi connectivity index (χ4n) is 1.49. The first-order chi connectivity index (χ1) is 8.69. The van der Waals surface area contributed by atoms with Crippen LogP contribution in [0.1, 0.15) is 10.4 Å². The highest BCUT2D eigenvalue weighted by atomic mass is 16.5. The number of hydrogen-bond donors (Lipinski definition) is 1. The molecule has 0 heterocycles. The Labute approximate surface area is 105 Å². The van der Waals surface area contributed by atoms with E-state index in [9.17, 15) is 4.79 Å². The highest BCUT2D eigenvalue weighted by molar-refractivity contribution is 5.89. The molecule has 0 unspecified atom stereocenters. The van der Waals surface area contributed by atoms with Crippen molar-refractivity contribution in [1.82, 2.24) is 0 Å². The Morgan fingerprint density at radius 3 is 2.39 bits per heavy atom. The Morgan fingerprint density at radius 2 is 1.78 bits per heavy atom. The zero-order chi connectivity index (χ0) is 13.0. The first-order valence-electron chi connectivity index (χ1n) is 5.41. The van der Waals surface area contributed by atoms with E-state index in [1.54, 1.807) is 36.4 Å². The molecule has 0 saturated heterocycles. The molecule has 0 radical (unpaired) electrons. The maximum absolute atomic E-state index is 11.2.